The molecule has 1 aromatic carbocycles. The highest BCUT2D eigenvalue weighted by molar-refractivity contribution is 5.89. The Labute approximate surface area is 165 Å². The van der Waals surface area contributed by atoms with Crippen molar-refractivity contribution in [2.24, 2.45) is 0 Å². The monoisotopic (exact) mass is 391 g/mol. The quantitative estimate of drug-likeness (QED) is 0.481. The summed E-state index contributed by atoms with van der Waals surface area (Å²) < 4.78 is 10.3. The summed E-state index contributed by atoms with van der Waals surface area (Å²) in [6.45, 7) is 2.81. The van der Waals surface area contributed by atoms with Crippen molar-refractivity contribution in [1.82, 2.24) is 15.5 Å². The van der Waals surface area contributed by atoms with E-state index in [1.165, 1.54) is 14.0 Å². The number of methoxy groups -OCH3 is 1. The number of esters is 1. The van der Waals surface area contributed by atoms with E-state index in [0.717, 1.165) is 12.8 Å². The van der Waals surface area contributed by atoms with E-state index in [2.05, 4.69) is 20.3 Å². The molecule has 2 N–H and O–H groups in total. The van der Waals surface area contributed by atoms with Crippen molar-refractivity contribution in [1.29, 1.82) is 0 Å². The molecule has 0 radical (unpaired) electrons. The molecule has 2 atom stereocenters. The number of carbonyl (C=O) groups excluding carboxylic acids is 3. The van der Waals surface area contributed by atoms with E-state index in [1.807, 2.05) is 7.05 Å². The highest BCUT2D eigenvalue weighted by atomic mass is 16.5. The molecule has 0 spiro atoms. The Balaban J connectivity index is 1.68. The highest BCUT2D eigenvalue weighted by Gasteiger charge is 2.31. The molecular weight excluding hydrogens is 362 g/mol. The van der Waals surface area contributed by atoms with E-state index in [-0.39, 0.29) is 23.9 Å². The van der Waals surface area contributed by atoms with Crippen molar-refractivity contribution in [3.05, 3.63) is 29.8 Å². The van der Waals surface area contributed by atoms with E-state index in [1.54, 1.807) is 24.3 Å². The van der Waals surface area contributed by atoms with Crippen LogP contribution in [0.1, 0.15) is 36.5 Å². The third-order valence-electron chi connectivity index (χ3n) is 4.94. The first-order chi connectivity index (χ1) is 13.4. The molecule has 0 saturated carbocycles. The van der Waals surface area contributed by atoms with Gasteiger partial charge in [0.2, 0.25) is 11.8 Å². The molecule has 154 valence electrons. The maximum absolute atomic E-state index is 12.2. The standard InChI is InChI=1S/C20H29N3O5/c1-14(24)22-13-17-8-7-16(23(17)2)12-19(25)21-9-10-28-18-6-4-5-15(11-18)20(26)27-3/h4-6,11,16-17H,7-10,12-13H2,1-3H3,(H,21,25)(H,22,24)/t16-,17+/m0/s1. The van der Waals surface area contributed by atoms with Crippen LogP contribution in [0, 0.1) is 0 Å². The van der Waals surface area contributed by atoms with Crippen LogP contribution in [0.3, 0.4) is 0 Å². The van der Waals surface area contributed by atoms with E-state index in [0.29, 0.717) is 37.4 Å². The van der Waals surface area contributed by atoms with E-state index >= 15 is 0 Å². The van der Waals surface area contributed by atoms with E-state index < -0.39 is 5.97 Å². The second kappa shape index (κ2) is 10.7. The van der Waals surface area contributed by atoms with Gasteiger partial charge in [0.1, 0.15) is 12.4 Å². The summed E-state index contributed by atoms with van der Waals surface area (Å²) in [4.78, 5) is 36.9. The third-order valence-corrected chi connectivity index (χ3v) is 4.94. The number of hydrogen-bond acceptors (Lipinski definition) is 6. The van der Waals surface area contributed by atoms with Crippen LogP contribution in [0.2, 0.25) is 0 Å². The van der Waals surface area contributed by atoms with Crippen LogP contribution >= 0.6 is 0 Å². The molecule has 8 heteroatoms. The van der Waals surface area contributed by atoms with Crippen LogP contribution in [0.15, 0.2) is 24.3 Å². The number of amides is 2. The topological polar surface area (TPSA) is 97.0 Å². The Morgan fingerprint density at radius 2 is 1.93 bits per heavy atom. The van der Waals surface area contributed by atoms with Gasteiger partial charge in [-0.25, -0.2) is 4.79 Å². The zero-order valence-electron chi connectivity index (χ0n) is 16.7. The second-order valence-electron chi connectivity index (χ2n) is 6.91. The van der Waals surface area contributed by atoms with Gasteiger partial charge in [-0.05, 0) is 38.1 Å². The molecule has 0 aromatic heterocycles. The van der Waals surface area contributed by atoms with Crippen molar-refractivity contribution in [3.8, 4) is 5.75 Å². The SMILES string of the molecule is COC(=O)c1cccc(OCCNC(=O)C[C@@H]2CC[C@H](CNC(C)=O)N2C)c1. The second-order valence-corrected chi connectivity index (χ2v) is 6.91. The van der Waals surface area contributed by atoms with Gasteiger partial charge in [-0.15, -0.1) is 0 Å². The Morgan fingerprint density at radius 3 is 2.64 bits per heavy atom. The highest BCUT2D eigenvalue weighted by Crippen LogP contribution is 2.24. The van der Waals surface area contributed by atoms with Gasteiger partial charge in [0.05, 0.1) is 19.2 Å². The fourth-order valence-electron chi connectivity index (χ4n) is 3.32. The number of rotatable bonds is 9. The normalized spacial score (nSPS) is 19.1. The van der Waals surface area contributed by atoms with Gasteiger partial charge in [-0.1, -0.05) is 6.07 Å². The lowest BCUT2D eigenvalue weighted by Gasteiger charge is -2.25. The zero-order chi connectivity index (χ0) is 20.5. The summed E-state index contributed by atoms with van der Waals surface area (Å²) >= 11 is 0. The average molecular weight is 391 g/mol. The third kappa shape index (κ3) is 6.53. The maximum atomic E-state index is 12.2. The number of carbonyl (C=O) groups is 3. The predicted octanol–water partition coefficient (Wildman–Crippen LogP) is 0.957. The van der Waals surface area contributed by atoms with Crippen LogP contribution in [-0.2, 0) is 14.3 Å². The van der Waals surface area contributed by atoms with Gasteiger partial charge in [0.15, 0.2) is 0 Å². The van der Waals surface area contributed by atoms with Gasteiger partial charge in [0, 0.05) is 32.0 Å². The first kappa shape index (κ1) is 21.7. The van der Waals surface area contributed by atoms with Gasteiger partial charge in [-0.2, -0.15) is 0 Å². The van der Waals surface area contributed by atoms with Gasteiger partial charge in [-0.3, -0.25) is 14.5 Å². The molecule has 0 unspecified atom stereocenters. The van der Waals surface area contributed by atoms with Gasteiger partial charge < -0.3 is 20.1 Å². The minimum absolute atomic E-state index is 0.0241. The fourth-order valence-corrected chi connectivity index (χ4v) is 3.32. The van der Waals surface area contributed by atoms with Gasteiger partial charge in [0.25, 0.3) is 0 Å². The van der Waals surface area contributed by atoms with E-state index in [9.17, 15) is 14.4 Å². The Morgan fingerprint density at radius 1 is 1.18 bits per heavy atom. The molecule has 1 aliphatic rings. The lowest BCUT2D eigenvalue weighted by atomic mass is 10.1. The number of likely N-dealkylation sites (N-methyl/N-ethyl adjacent to an activating group) is 1. The number of benzene rings is 1. The average Bonchev–Trinajstić information content (AvgIpc) is 3.02. The number of hydrogen-bond donors (Lipinski definition) is 2. The summed E-state index contributed by atoms with van der Waals surface area (Å²) in [6.07, 6.45) is 2.32. The Kier molecular flexibility index (Phi) is 8.25. The van der Waals surface area contributed by atoms with E-state index in [4.69, 9.17) is 4.74 Å². The molecular formula is C20H29N3O5. The molecule has 1 aromatic rings. The Hall–Kier alpha value is -2.61. The minimum atomic E-state index is -0.420. The summed E-state index contributed by atoms with van der Waals surface area (Å²) in [5.74, 6) is 0.0698. The molecule has 1 saturated heterocycles. The summed E-state index contributed by atoms with van der Waals surface area (Å²) in [5, 5.41) is 5.70. The molecule has 8 nitrogen and oxygen atoms in total. The first-order valence-corrected chi connectivity index (χ1v) is 9.45. The summed E-state index contributed by atoms with van der Waals surface area (Å²) in [6, 6.07) is 7.17. The molecule has 1 aliphatic heterocycles. The Bertz CT molecular complexity index is 694. The minimum Gasteiger partial charge on any atom is -0.492 e. The summed E-state index contributed by atoms with van der Waals surface area (Å²) in [7, 11) is 3.32. The lowest BCUT2D eigenvalue weighted by molar-refractivity contribution is -0.122. The van der Waals surface area contributed by atoms with Crippen LogP contribution < -0.4 is 15.4 Å². The van der Waals surface area contributed by atoms with Crippen molar-refractivity contribution in [3.63, 3.8) is 0 Å². The number of ether oxygens (including phenoxy) is 2. The largest absolute Gasteiger partial charge is 0.492 e. The maximum Gasteiger partial charge on any atom is 0.337 e. The fraction of sp³-hybridized carbons (Fsp3) is 0.550. The molecule has 2 rings (SSSR count). The molecule has 2 amide bonds. The van der Waals surface area contributed by atoms with Crippen LogP contribution in [0.5, 0.6) is 5.75 Å². The summed E-state index contributed by atoms with van der Waals surface area (Å²) in [5.41, 5.74) is 0.419. The van der Waals surface area contributed by atoms with Crippen LogP contribution in [0.25, 0.3) is 0 Å². The van der Waals surface area contributed by atoms with Crippen molar-refractivity contribution in [2.45, 2.75) is 38.3 Å². The van der Waals surface area contributed by atoms with Crippen LogP contribution in [-0.4, -0.2) is 68.6 Å². The number of nitrogens with zero attached hydrogens (tertiary/aromatic N) is 1. The van der Waals surface area contributed by atoms with Crippen molar-refractivity contribution in [2.75, 3.05) is 33.9 Å². The molecule has 0 aliphatic carbocycles. The molecule has 1 fully saturated rings. The predicted molar refractivity (Wildman–Crippen MR) is 104 cm³/mol. The first-order valence-electron chi connectivity index (χ1n) is 9.45. The lowest BCUT2D eigenvalue weighted by Crippen LogP contribution is -2.42. The number of likely N-dealkylation sites (tertiary alicyclic amines) is 1. The van der Waals surface area contributed by atoms with Crippen LogP contribution in [0.4, 0.5) is 0 Å². The molecule has 28 heavy (non-hydrogen) atoms. The van der Waals surface area contributed by atoms with Gasteiger partial charge >= 0.3 is 5.97 Å². The number of nitrogens with one attached hydrogen (secondary N) is 2. The smallest absolute Gasteiger partial charge is 0.337 e. The van der Waals surface area contributed by atoms with Crippen molar-refractivity contribution < 1.29 is 23.9 Å². The molecule has 0 bridgehead atoms. The zero-order valence-corrected chi connectivity index (χ0v) is 16.7. The van der Waals surface area contributed by atoms with Crippen molar-refractivity contribution >= 4 is 17.8 Å². The molecule has 1 heterocycles.